The Balaban J connectivity index is 0. The van der Waals surface area contributed by atoms with Gasteiger partial charge in [0.25, 0.3) is 0 Å². The van der Waals surface area contributed by atoms with Gasteiger partial charge in [-0.1, -0.05) is 0 Å². The third-order valence-electron chi connectivity index (χ3n) is 1.43. The molecule has 0 fully saturated rings. The Kier molecular flexibility index (Phi) is 12.4. The van der Waals surface area contributed by atoms with Gasteiger partial charge in [0.2, 0.25) is 5.24 Å². The molecule has 0 spiro atoms. The van der Waals surface area contributed by atoms with Crippen LogP contribution in [0.3, 0.4) is 0 Å². The summed E-state index contributed by atoms with van der Waals surface area (Å²) < 4.78 is 23.2. The Morgan fingerprint density at radius 2 is 1.88 bits per heavy atom. The van der Waals surface area contributed by atoms with Gasteiger partial charge in [0.15, 0.2) is 6.04 Å². The number of hydrogen-bond acceptors (Lipinski definition) is 6. The van der Waals surface area contributed by atoms with Crippen molar-refractivity contribution in [2.75, 3.05) is 6.54 Å². The van der Waals surface area contributed by atoms with E-state index in [0.717, 1.165) is 0 Å². The first-order valence-electron chi connectivity index (χ1n) is 4.70. The van der Waals surface area contributed by atoms with Gasteiger partial charge in [-0.2, -0.15) is 12.8 Å². The standard InChI is InChI=1S/C6H12N2O4S.C2H3ClO/c7-4-2-1-3-5(6(9)10)8-13(11)12;1-2(3)4/h5H,1-4,7H2,(H,9,10);1H3/t5-;/m0./s1. The zero-order valence-electron chi connectivity index (χ0n) is 9.30. The first kappa shape index (κ1) is 18.4. The molecule has 7 nitrogen and oxygen atoms in total. The molecule has 1 atom stereocenters. The molecule has 0 aliphatic rings. The molecule has 0 saturated carbocycles. The maximum absolute atomic E-state index is 10.4. The van der Waals surface area contributed by atoms with Crippen LogP contribution in [0, 0.1) is 0 Å². The number of hydrogen-bond donors (Lipinski definition) is 2. The van der Waals surface area contributed by atoms with Gasteiger partial charge in [-0.25, -0.2) is 4.79 Å². The van der Waals surface area contributed by atoms with E-state index in [1.807, 2.05) is 0 Å². The van der Waals surface area contributed by atoms with Crippen molar-refractivity contribution in [2.45, 2.75) is 32.2 Å². The highest BCUT2D eigenvalue weighted by atomic mass is 35.5. The molecule has 0 aromatic carbocycles. The molecule has 0 aromatic heterocycles. The van der Waals surface area contributed by atoms with Crippen molar-refractivity contribution in [3.8, 4) is 0 Å². The number of nitrogens with zero attached hydrogens (tertiary/aromatic N) is 1. The summed E-state index contributed by atoms with van der Waals surface area (Å²) >= 11 is 4.64. The highest BCUT2D eigenvalue weighted by Gasteiger charge is 2.15. The molecule has 0 rings (SSSR count). The largest absolute Gasteiger partial charge is 0.480 e. The van der Waals surface area contributed by atoms with Crippen LogP contribution in [-0.2, 0) is 20.1 Å². The van der Waals surface area contributed by atoms with Gasteiger partial charge in [0.05, 0.1) is 0 Å². The highest BCUT2D eigenvalue weighted by Crippen LogP contribution is 2.04. The minimum absolute atomic E-state index is 0.209. The molecule has 3 N–H and O–H groups in total. The highest BCUT2D eigenvalue weighted by molar-refractivity contribution is 7.61. The van der Waals surface area contributed by atoms with Crippen LogP contribution in [0.1, 0.15) is 26.2 Å². The SMILES string of the molecule is CC(=O)Cl.NCCCC[C@H](N=S(=O)=O)C(=O)O. The Bertz CT molecular complexity index is 356. The fraction of sp³-hybridized carbons (Fsp3) is 0.750. The van der Waals surface area contributed by atoms with Crippen LogP contribution in [0.5, 0.6) is 0 Å². The van der Waals surface area contributed by atoms with Gasteiger partial charge in [-0.05, 0) is 37.4 Å². The summed E-state index contributed by atoms with van der Waals surface area (Å²) in [6.45, 7) is 1.76. The van der Waals surface area contributed by atoms with Crippen molar-refractivity contribution < 1.29 is 23.1 Å². The second kappa shape index (κ2) is 11.5. The molecule has 9 heteroatoms. The maximum atomic E-state index is 10.4. The van der Waals surface area contributed by atoms with Gasteiger partial charge in [0, 0.05) is 6.92 Å². The average Bonchev–Trinajstić information content (AvgIpc) is 2.14. The molecular weight excluding hydrogens is 272 g/mol. The molecule has 0 saturated heterocycles. The maximum Gasteiger partial charge on any atom is 0.329 e. The number of aliphatic carboxylic acids is 1. The number of carbonyl (C=O) groups is 2. The van der Waals surface area contributed by atoms with Gasteiger partial charge < -0.3 is 10.8 Å². The van der Waals surface area contributed by atoms with E-state index >= 15 is 0 Å². The number of carboxylic acid groups (broad SMARTS) is 1. The van der Waals surface area contributed by atoms with E-state index < -0.39 is 22.5 Å². The number of unbranched alkanes of at least 4 members (excludes halogenated alkanes) is 1. The first-order valence-corrected chi connectivity index (χ1v) is 6.11. The summed E-state index contributed by atoms with van der Waals surface area (Å²) in [4.78, 5) is 19.6. The number of carboxylic acids is 1. The number of carbonyl (C=O) groups excluding carboxylic acids is 1. The molecule has 0 aliphatic carbocycles. The van der Waals surface area contributed by atoms with Gasteiger partial charge in [0.1, 0.15) is 0 Å². The molecule has 0 bridgehead atoms. The van der Waals surface area contributed by atoms with Crippen LogP contribution in [0.2, 0.25) is 0 Å². The smallest absolute Gasteiger partial charge is 0.329 e. The van der Waals surface area contributed by atoms with E-state index in [0.29, 0.717) is 19.4 Å². The van der Waals surface area contributed by atoms with Crippen LogP contribution in [0.15, 0.2) is 4.36 Å². The monoisotopic (exact) mass is 286 g/mol. The summed E-state index contributed by atoms with van der Waals surface area (Å²) in [5, 5.41) is 8.16. The summed E-state index contributed by atoms with van der Waals surface area (Å²) in [6.07, 6.45) is 1.44. The van der Waals surface area contributed by atoms with E-state index in [9.17, 15) is 18.0 Å². The van der Waals surface area contributed by atoms with Crippen molar-refractivity contribution in [1.82, 2.24) is 0 Å². The van der Waals surface area contributed by atoms with E-state index in [1.165, 1.54) is 6.92 Å². The molecule has 0 aliphatic heterocycles. The predicted molar refractivity (Wildman–Crippen MR) is 62.2 cm³/mol. The molecular formula is C8H15ClN2O5S. The Morgan fingerprint density at radius 3 is 2.18 bits per heavy atom. The molecule has 0 radical (unpaired) electrons. The lowest BCUT2D eigenvalue weighted by Crippen LogP contribution is -2.17. The molecule has 17 heavy (non-hydrogen) atoms. The number of halogens is 1. The minimum atomic E-state index is -2.66. The molecule has 0 aromatic rings. The lowest BCUT2D eigenvalue weighted by molar-refractivity contribution is -0.138. The van der Waals surface area contributed by atoms with Crippen molar-refractivity contribution in [2.24, 2.45) is 10.1 Å². The minimum Gasteiger partial charge on any atom is -0.480 e. The fourth-order valence-electron chi connectivity index (χ4n) is 0.807. The van der Waals surface area contributed by atoms with Crippen molar-refractivity contribution in [3.63, 3.8) is 0 Å². The molecule has 0 unspecified atom stereocenters. The zero-order chi connectivity index (χ0) is 13.8. The second-order valence-electron chi connectivity index (χ2n) is 2.93. The summed E-state index contributed by atoms with van der Waals surface area (Å²) in [6, 6.07) is -1.16. The third kappa shape index (κ3) is 17.6. The predicted octanol–water partition coefficient (Wildman–Crippen LogP) is 0.403. The van der Waals surface area contributed by atoms with E-state index in [2.05, 4.69) is 16.0 Å². The topological polar surface area (TPSA) is 127 Å². The lowest BCUT2D eigenvalue weighted by atomic mass is 10.1. The number of nitrogens with two attached hydrogens (primary N) is 1. The Labute approximate surface area is 106 Å². The van der Waals surface area contributed by atoms with Crippen LogP contribution in [0.4, 0.5) is 0 Å². The third-order valence-corrected chi connectivity index (χ3v) is 1.86. The zero-order valence-corrected chi connectivity index (χ0v) is 10.9. The summed E-state index contributed by atoms with van der Waals surface area (Å²) in [7, 11) is -2.66. The van der Waals surface area contributed by atoms with E-state index in [1.54, 1.807) is 0 Å². The van der Waals surface area contributed by atoms with Crippen LogP contribution in [-0.4, -0.2) is 37.3 Å². The second-order valence-corrected chi connectivity index (χ2v) is 4.11. The van der Waals surface area contributed by atoms with Crippen molar-refractivity contribution in [3.05, 3.63) is 0 Å². The summed E-state index contributed by atoms with van der Waals surface area (Å²) in [5.41, 5.74) is 5.19. The van der Waals surface area contributed by atoms with E-state index in [4.69, 9.17) is 10.8 Å². The van der Waals surface area contributed by atoms with Crippen molar-refractivity contribution >= 4 is 33.3 Å². The summed E-state index contributed by atoms with van der Waals surface area (Å²) in [5.74, 6) is -1.22. The average molecular weight is 287 g/mol. The Hall–Kier alpha value is -0.990. The van der Waals surface area contributed by atoms with Crippen LogP contribution in [0.25, 0.3) is 0 Å². The lowest BCUT2D eigenvalue weighted by Gasteiger charge is -2.02. The first-order chi connectivity index (χ1) is 7.81. The fourth-order valence-corrected chi connectivity index (χ4v) is 1.21. The quantitative estimate of drug-likeness (QED) is 0.537. The van der Waals surface area contributed by atoms with Crippen LogP contribution < -0.4 is 5.73 Å². The normalized spacial score (nSPS) is 10.8. The van der Waals surface area contributed by atoms with Crippen molar-refractivity contribution in [1.29, 1.82) is 0 Å². The van der Waals surface area contributed by atoms with E-state index in [-0.39, 0.29) is 11.7 Å². The van der Waals surface area contributed by atoms with Crippen LogP contribution >= 0.6 is 11.6 Å². The Morgan fingerprint density at radius 1 is 1.41 bits per heavy atom. The van der Waals surface area contributed by atoms with Gasteiger partial charge >= 0.3 is 16.5 Å². The molecule has 0 amide bonds. The number of rotatable bonds is 6. The molecule has 0 heterocycles. The molecule has 100 valence electrons. The van der Waals surface area contributed by atoms with Gasteiger partial charge in [-0.3, -0.25) is 4.79 Å². The van der Waals surface area contributed by atoms with Gasteiger partial charge in [-0.15, -0.1) is 0 Å².